The van der Waals surface area contributed by atoms with Crippen LogP contribution >= 0.6 is 11.6 Å². The number of hydrogen-bond acceptors (Lipinski definition) is 1. The summed E-state index contributed by atoms with van der Waals surface area (Å²) >= 11 is 6.15. The van der Waals surface area contributed by atoms with Crippen molar-refractivity contribution < 1.29 is 0 Å². The summed E-state index contributed by atoms with van der Waals surface area (Å²) in [6, 6.07) is 14.8. The summed E-state index contributed by atoms with van der Waals surface area (Å²) in [6.07, 6.45) is 0. The highest BCUT2D eigenvalue weighted by Gasteiger charge is 2.16. The maximum atomic E-state index is 6.15. The Bertz CT molecular complexity index is 787. The van der Waals surface area contributed by atoms with Crippen LogP contribution in [0.15, 0.2) is 42.5 Å². The highest BCUT2D eigenvalue weighted by atomic mass is 35.5. The molecule has 0 aliphatic rings. The van der Waals surface area contributed by atoms with Crippen molar-refractivity contribution in [3.05, 3.63) is 59.4 Å². The fraction of sp³-hybridized carbons (Fsp3) is 0.278. The Balaban J connectivity index is 2.37. The average Bonchev–Trinajstić information content (AvgIpc) is 2.87. The molecule has 3 aromatic rings. The van der Waals surface area contributed by atoms with Crippen LogP contribution in [0.3, 0.4) is 0 Å². The number of imidazole rings is 1. The number of rotatable bonds is 3. The Morgan fingerprint density at radius 2 is 1.86 bits per heavy atom. The van der Waals surface area contributed by atoms with Crippen molar-refractivity contribution in [2.75, 3.05) is 0 Å². The van der Waals surface area contributed by atoms with Crippen molar-refractivity contribution in [3.8, 4) is 5.69 Å². The van der Waals surface area contributed by atoms with Gasteiger partial charge in [-0.1, -0.05) is 44.2 Å². The van der Waals surface area contributed by atoms with Gasteiger partial charge in [0.15, 0.2) is 0 Å². The van der Waals surface area contributed by atoms with Gasteiger partial charge in [-0.25, -0.2) is 4.98 Å². The minimum Gasteiger partial charge on any atom is -0.295 e. The Kier molecular flexibility index (Phi) is 3.73. The standard InChI is InChI=1S/C18H19ClN2/c1-12(2)14-8-4-5-9-15(14)21-16-10-6-7-13(3)18(16)20-17(21)11-19/h4-10,12H,11H2,1-3H3. The number of benzene rings is 2. The normalized spacial score (nSPS) is 11.5. The van der Waals surface area contributed by atoms with Gasteiger partial charge in [0, 0.05) is 0 Å². The smallest absolute Gasteiger partial charge is 0.129 e. The predicted octanol–water partition coefficient (Wildman–Crippen LogP) is 5.20. The van der Waals surface area contributed by atoms with Gasteiger partial charge >= 0.3 is 0 Å². The van der Waals surface area contributed by atoms with Crippen molar-refractivity contribution in [2.45, 2.75) is 32.6 Å². The van der Waals surface area contributed by atoms with E-state index < -0.39 is 0 Å². The van der Waals surface area contributed by atoms with Gasteiger partial charge < -0.3 is 0 Å². The molecule has 0 aliphatic carbocycles. The number of alkyl halides is 1. The van der Waals surface area contributed by atoms with E-state index in [0.717, 1.165) is 16.9 Å². The fourth-order valence-corrected chi connectivity index (χ4v) is 3.00. The van der Waals surface area contributed by atoms with E-state index in [4.69, 9.17) is 16.6 Å². The minimum atomic E-state index is 0.403. The van der Waals surface area contributed by atoms with Crippen LogP contribution in [0.2, 0.25) is 0 Å². The number of aryl methyl sites for hydroxylation is 1. The monoisotopic (exact) mass is 298 g/mol. The van der Waals surface area contributed by atoms with Crippen molar-refractivity contribution >= 4 is 22.6 Å². The van der Waals surface area contributed by atoms with E-state index in [1.807, 2.05) is 0 Å². The zero-order valence-corrected chi connectivity index (χ0v) is 13.4. The van der Waals surface area contributed by atoms with E-state index in [0.29, 0.717) is 11.8 Å². The molecule has 2 nitrogen and oxygen atoms in total. The molecule has 0 saturated carbocycles. The van der Waals surface area contributed by atoms with Crippen LogP contribution in [0.4, 0.5) is 0 Å². The zero-order chi connectivity index (χ0) is 15.0. The van der Waals surface area contributed by atoms with Gasteiger partial charge in [0.2, 0.25) is 0 Å². The third-order valence-electron chi connectivity index (χ3n) is 3.88. The summed E-state index contributed by atoms with van der Waals surface area (Å²) in [5.74, 6) is 1.75. The molecule has 0 spiro atoms. The van der Waals surface area contributed by atoms with Gasteiger partial charge in [0.1, 0.15) is 5.82 Å². The molecule has 0 N–H and O–H groups in total. The zero-order valence-electron chi connectivity index (χ0n) is 12.6. The molecule has 1 aromatic heterocycles. The summed E-state index contributed by atoms with van der Waals surface area (Å²) < 4.78 is 2.20. The Labute approximate surface area is 130 Å². The predicted molar refractivity (Wildman–Crippen MR) is 89.5 cm³/mol. The summed E-state index contributed by atoms with van der Waals surface area (Å²) in [4.78, 5) is 4.74. The molecule has 2 aromatic carbocycles. The second kappa shape index (κ2) is 5.53. The number of aromatic nitrogens is 2. The molecule has 0 saturated heterocycles. The third-order valence-corrected chi connectivity index (χ3v) is 4.11. The van der Waals surface area contributed by atoms with Crippen molar-refractivity contribution in [1.82, 2.24) is 9.55 Å². The maximum Gasteiger partial charge on any atom is 0.129 e. The first-order chi connectivity index (χ1) is 10.1. The lowest BCUT2D eigenvalue weighted by molar-refractivity contribution is 0.841. The second-order valence-corrected chi connectivity index (χ2v) is 5.92. The van der Waals surface area contributed by atoms with Gasteiger partial charge in [0.05, 0.1) is 22.6 Å². The number of halogens is 1. The first-order valence-electron chi connectivity index (χ1n) is 7.25. The lowest BCUT2D eigenvalue weighted by atomic mass is 10.0. The molecule has 21 heavy (non-hydrogen) atoms. The summed E-state index contributed by atoms with van der Waals surface area (Å²) in [5, 5.41) is 0. The summed E-state index contributed by atoms with van der Waals surface area (Å²) in [6.45, 7) is 6.51. The van der Waals surface area contributed by atoms with Crippen molar-refractivity contribution in [1.29, 1.82) is 0 Å². The quantitative estimate of drug-likeness (QED) is 0.608. The first-order valence-corrected chi connectivity index (χ1v) is 7.79. The molecular weight excluding hydrogens is 280 g/mol. The topological polar surface area (TPSA) is 17.8 Å². The van der Waals surface area contributed by atoms with E-state index in [9.17, 15) is 0 Å². The van der Waals surface area contributed by atoms with Crippen LogP contribution in [-0.4, -0.2) is 9.55 Å². The Morgan fingerprint density at radius 3 is 2.57 bits per heavy atom. The average molecular weight is 299 g/mol. The van der Waals surface area contributed by atoms with Crippen LogP contribution in [0.25, 0.3) is 16.7 Å². The van der Waals surface area contributed by atoms with Crippen LogP contribution in [0.1, 0.15) is 36.7 Å². The Hall–Kier alpha value is -1.80. The highest BCUT2D eigenvalue weighted by molar-refractivity contribution is 6.17. The molecule has 0 bridgehead atoms. The molecular formula is C18H19ClN2. The highest BCUT2D eigenvalue weighted by Crippen LogP contribution is 2.29. The molecule has 0 fully saturated rings. The van der Waals surface area contributed by atoms with Gasteiger partial charge in [0.25, 0.3) is 0 Å². The van der Waals surface area contributed by atoms with Gasteiger partial charge in [-0.2, -0.15) is 0 Å². The van der Waals surface area contributed by atoms with Gasteiger partial charge in [-0.3, -0.25) is 4.57 Å². The van der Waals surface area contributed by atoms with Gasteiger partial charge in [-0.15, -0.1) is 11.6 Å². The fourth-order valence-electron chi connectivity index (χ4n) is 2.83. The summed E-state index contributed by atoms with van der Waals surface area (Å²) in [5.41, 5.74) is 5.83. The lowest BCUT2D eigenvalue weighted by Gasteiger charge is -2.16. The molecule has 0 aliphatic heterocycles. The number of hydrogen-bond donors (Lipinski definition) is 0. The molecule has 0 atom stereocenters. The van der Waals surface area contributed by atoms with Crippen LogP contribution in [0.5, 0.6) is 0 Å². The van der Waals surface area contributed by atoms with Crippen molar-refractivity contribution in [2.24, 2.45) is 0 Å². The first kappa shape index (κ1) is 14.2. The Morgan fingerprint density at radius 1 is 1.10 bits per heavy atom. The molecule has 108 valence electrons. The van der Waals surface area contributed by atoms with E-state index in [-0.39, 0.29) is 0 Å². The summed E-state index contributed by atoms with van der Waals surface area (Å²) in [7, 11) is 0. The SMILES string of the molecule is Cc1cccc2c1nc(CCl)n2-c1ccccc1C(C)C. The maximum absolute atomic E-state index is 6.15. The minimum absolute atomic E-state index is 0.403. The second-order valence-electron chi connectivity index (χ2n) is 5.65. The third kappa shape index (κ3) is 2.34. The molecule has 0 radical (unpaired) electrons. The molecule has 1 heterocycles. The van der Waals surface area contributed by atoms with Crippen LogP contribution in [-0.2, 0) is 5.88 Å². The van der Waals surface area contributed by atoms with Gasteiger partial charge in [-0.05, 0) is 36.1 Å². The van der Waals surface area contributed by atoms with Crippen LogP contribution in [0, 0.1) is 6.92 Å². The largest absolute Gasteiger partial charge is 0.295 e. The van der Waals surface area contributed by atoms with E-state index >= 15 is 0 Å². The molecule has 3 heteroatoms. The number of fused-ring (bicyclic) bond motifs is 1. The van der Waals surface area contributed by atoms with Crippen LogP contribution < -0.4 is 0 Å². The molecule has 0 amide bonds. The lowest BCUT2D eigenvalue weighted by Crippen LogP contribution is -2.04. The molecule has 0 unspecified atom stereocenters. The molecule has 3 rings (SSSR count). The number of para-hydroxylation sites is 2. The van der Waals surface area contributed by atoms with E-state index in [2.05, 4.69) is 67.8 Å². The van der Waals surface area contributed by atoms with Crippen molar-refractivity contribution in [3.63, 3.8) is 0 Å². The van der Waals surface area contributed by atoms with E-state index in [1.165, 1.54) is 16.8 Å². The number of nitrogens with zero attached hydrogens (tertiary/aromatic N) is 2. The van der Waals surface area contributed by atoms with E-state index in [1.54, 1.807) is 0 Å².